The van der Waals surface area contributed by atoms with E-state index in [0.717, 1.165) is 6.42 Å². The van der Waals surface area contributed by atoms with E-state index in [9.17, 15) is 9.59 Å². The third-order valence-electron chi connectivity index (χ3n) is 2.79. The topological polar surface area (TPSA) is 84.9 Å². The van der Waals surface area contributed by atoms with Gasteiger partial charge in [0, 0.05) is 6.04 Å². The summed E-state index contributed by atoms with van der Waals surface area (Å²) in [5.41, 5.74) is 0.0956. The summed E-state index contributed by atoms with van der Waals surface area (Å²) in [5, 5.41) is 11.6. The molecule has 0 spiro atoms. The highest BCUT2D eigenvalue weighted by molar-refractivity contribution is 5.88. The number of hydrogen-bond acceptors (Lipinski definition) is 4. The predicted octanol–water partition coefficient (Wildman–Crippen LogP) is 1.69. The molecule has 1 amide bonds. The Morgan fingerprint density at radius 2 is 2.05 bits per heavy atom. The quantitative estimate of drug-likeness (QED) is 0.794. The maximum atomic E-state index is 11.6. The van der Waals surface area contributed by atoms with Gasteiger partial charge in [-0.05, 0) is 31.5 Å². The normalized spacial score (nSPS) is 11.6. The number of carboxylic acids is 1. The minimum absolute atomic E-state index is 0.0855. The average Bonchev–Trinajstić information content (AvgIpc) is 2.44. The molecule has 0 fully saturated rings. The molecular weight excluding hydrogens is 262 g/mol. The van der Waals surface area contributed by atoms with Gasteiger partial charge in [-0.3, -0.25) is 4.79 Å². The van der Waals surface area contributed by atoms with Crippen molar-refractivity contribution in [2.24, 2.45) is 0 Å². The Labute approximate surface area is 117 Å². The van der Waals surface area contributed by atoms with Crippen LogP contribution in [-0.4, -0.2) is 36.7 Å². The van der Waals surface area contributed by atoms with E-state index in [2.05, 4.69) is 5.32 Å². The van der Waals surface area contributed by atoms with Gasteiger partial charge < -0.3 is 19.9 Å². The zero-order valence-electron chi connectivity index (χ0n) is 11.8. The van der Waals surface area contributed by atoms with E-state index in [1.807, 2.05) is 13.8 Å². The predicted molar refractivity (Wildman–Crippen MR) is 73.3 cm³/mol. The molecule has 6 heteroatoms. The van der Waals surface area contributed by atoms with Crippen molar-refractivity contribution in [2.75, 3.05) is 13.7 Å². The Kier molecular flexibility index (Phi) is 5.83. The SMILES string of the molecule is CC[C@H](C)NC(=O)COc1ccc(C(=O)O)cc1OC. The van der Waals surface area contributed by atoms with Crippen LogP contribution in [0.3, 0.4) is 0 Å². The molecule has 1 atom stereocenters. The van der Waals surface area contributed by atoms with Crippen molar-refractivity contribution in [3.8, 4) is 11.5 Å². The highest BCUT2D eigenvalue weighted by Crippen LogP contribution is 2.27. The summed E-state index contributed by atoms with van der Waals surface area (Å²) in [4.78, 5) is 22.4. The molecule has 1 aromatic rings. The van der Waals surface area contributed by atoms with E-state index in [1.165, 1.54) is 25.3 Å². The highest BCUT2D eigenvalue weighted by atomic mass is 16.5. The van der Waals surface area contributed by atoms with Gasteiger partial charge in [0.25, 0.3) is 5.91 Å². The zero-order valence-corrected chi connectivity index (χ0v) is 11.8. The number of methoxy groups -OCH3 is 1. The Bertz CT molecular complexity index is 486. The van der Waals surface area contributed by atoms with Crippen LogP contribution in [0.25, 0.3) is 0 Å². The first kappa shape index (κ1) is 15.8. The third kappa shape index (κ3) is 4.46. The molecule has 0 saturated carbocycles. The summed E-state index contributed by atoms with van der Waals surface area (Å²) < 4.78 is 10.4. The maximum absolute atomic E-state index is 11.6. The number of amides is 1. The number of carbonyl (C=O) groups excluding carboxylic acids is 1. The van der Waals surface area contributed by atoms with E-state index in [1.54, 1.807) is 0 Å². The summed E-state index contributed by atoms with van der Waals surface area (Å²) in [7, 11) is 1.41. The van der Waals surface area contributed by atoms with Gasteiger partial charge in [-0.25, -0.2) is 4.79 Å². The van der Waals surface area contributed by atoms with Crippen molar-refractivity contribution in [1.29, 1.82) is 0 Å². The summed E-state index contributed by atoms with van der Waals surface area (Å²) in [6, 6.07) is 4.30. The first-order valence-electron chi connectivity index (χ1n) is 6.31. The lowest BCUT2D eigenvalue weighted by atomic mass is 10.2. The van der Waals surface area contributed by atoms with Crippen molar-refractivity contribution in [3.05, 3.63) is 23.8 Å². The van der Waals surface area contributed by atoms with Crippen molar-refractivity contribution < 1.29 is 24.2 Å². The van der Waals surface area contributed by atoms with Gasteiger partial charge in [-0.1, -0.05) is 6.92 Å². The second-order valence-corrected chi connectivity index (χ2v) is 4.34. The Morgan fingerprint density at radius 3 is 2.60 bits per heavy atom. The van der Waals surface area contributed by atoms with E-state index in [-0.39, 0.29) is 29.9 Å². The molecule has 0 aromatic heterocycles. The number of nitrogens with one attached hydrogen (secondary N) is 1. The van der Waals surface area contributed by atoms with Gasteiger partial charge in [-0.15, -0.1) is 0 Å². The lowest BCUT2D eigenvalue weighted by molar-refractivity contribution is -0.123. The lowest BCUT2D eigenvalue weighted by Gasteiger charge is -2.13. The molecule has 110 valence electrons. The summed E-state index contributed by atoms with van der Waals surface area (Å²) in [6.07, 6.45) is 0.836. The van der Waals surface area contributed by atoms with Gasteiger partial charge in [0.15, 0.2) is 18.1 Å². The molecule has 0 aliphatic rings. The number of ether oxygens (including phenoxy) is 2. The largest absolute Gasteiger partial charge is 0.493 e. The number of rotatable bonds is 7. The molecule has 0 bridgehead atoms. The molecule has 0 radical (unpaired) electrons. The molecule has 0 heterocycles. The van der Waals surface area contributed by atoms with Crippen LogP contribution in [0.1, 0.15) is 30.6 Å². The van der Waals surface area contributed by atoms with Crippen LogP contribution in [0, 0.1) is 0 Å². The van der Waals surface area contributed by atoms with E-state index in [0.29, 0.717) is 5.75 Å². The Morgan fingerprint density at radius 1 is 1.35 bits per heavy atom. The number of carboxylic acid groups (broad SMARTS) is 1. The molecule has 0 aliphatic heterocycles. The number of carbonyl (C=O) groups is 2. The maximum Gasteiger partial charge on any atom is 0.335 e. The van der Waals surface area contributed by atoms with Crippen molar-refractivity contribution >= 4 is 11.9 Å². The first-order chi connectivity index (χ1) is 9.47. The standard InChI is InChI=1S/C14H19NO5/c1-4-9(2)15-13(16)8-20-11-6-5-10(14(17)18)7-12(11)19-3/h5-7,9H,4,8H2,1-3H3,(H,15,16)(H,17,18)/t9-/m0/s1. The second-order valence-electron chi connectivity index (χ2n) is 4.34. The molecule has 2 N–H and O–H groups in total. The Balaban J connectivity index is 2.68. The fraction of sp³-hybridized carbons (Fsp3) is 0.429. The fourth-order valence-electron chi connectivity index (χ4n) is 1.48. The van der Waals surface area contributed by atoms with Gasteiger partial charge in [0.1, 0.15) is 0 Å². The van der Waals surface area contributed by atoms with E-state index in [4.69, 9.17) is 14.6 Å². The summed E-state index contributed by atoms with van der Waals surface area (Å²) in [6.45, 7) is 3.73. The molecule has 1 aromatic carbocycles. The second kappa shape index (κ2) is 7.37. The van der Waals surface area contributed by atoms with E-state index < -0.39 is 5.97 Å². The van der Waals surface area contributed by atoms with Crippen LogP contribution in [-0.2, 0) is 4.79 Å². The van der Waals surface area contributed by atoms with E-state index >= 15 is 0 Å². The molecule has 0 saturated heterocycles. The van der Waals surface area contributed by atoms with Gasteiger partial charge in [0.2, 0.25) is 0 Å². The van der Waals surface area contributed by atoms with Crippen LogP contribution >= 0.6 is 0 Å². The van der Waals surface area contributed by atoms with Gasteiger partial charge >= 0.3 is 5.97 Å². The minimum Gasteiger partial charge on any atom is -0.493 e. The molecule has 0 aliphatic carbocycles. The average molecular weight is 281 g/mol. The lowest BCUT2D eigenvalue weighted by Crippen LogP contribution is -2.35. The van der Waals surface area contributed by atoms with Crippen LogP contribution in [0.15, 0.2) is 18.2 Å². The summed E-state index contributed by atoms with van der Waals surface area (Å²) in [5.74, 6) is -0.675. The van der Waals surface area contributed by atoms with Crippen LogP contribution in [0.2, 0.25) is 0 Å². The molecule has 0 unspecified atom stereocenters. The van der Waals surface area contributed by atoms with Crippen molar-refractivity contribution in [1.82, 2.24) is 5.32 Å². The van der Waals surface area contributed by atoms with Crippen molar-refractivity contribution in [2.45, 2.75) is 26.3 Å². The van der Waals surface area contributed by atoms with Crippen LogP contribution < -0.4 is 14.8 Å². The van der Waals surface area contributed by atoms with Gasteiger partial charge in [0.05, 0.1) is 12.7 Å². The van der Waals surface area contributed by atoms with Crippen LogP contribution in [0.4, 0.5) is 0 Å². The highest BCUT2D eigenvalue weighted by Gasteiger charge is 2.12. The number of aromatic carboxylic acids is 1. The van der Waals surface area contributed by atoms with Crippen LogP contribution in [0.5, 0.6) is 11.5 Å². The molecule has 1 rings (SSSR count). The molecule has 6 nitrogen and oxygen atoms in total. The third-order valence-corrected chi connectivity index (χ3v) is 2.79. The smallest absolute Gasteiger partial charge is 0.335 e. The number of hydrogen-bond donors (Lipinski definition) is 2. The molecular formula is C14H19NO5. The fourth-order valence-corrected chi connectivity index (χ4v) is 1.48. The van der Waals surface area contributed by atoms with Gasteiger partial charge in [-0.2, -0.15) is 0 Å². The zero-order chi connectivity index (χ0) is 15.1. The first-order valence-corrected chi connectivity index (χ1v) is 6.31. The summed E-state index contributed by atoms with van der Waals surface area (Å²) >= 11 is 0. The number of benzene rings is 1. The molecule has 20 heavy (non-hydrogen) atoms. The Hall–Kier alpha value is -2.24. The monoisotopic (exact) mass is 281 g/mol. The van der Waals surface area contributed by atoms with Crippen molar-refractivity contribution in [3.63, 3.8) is 0 Å². The minimum atomic E-state index is -1.05.